The van der Waals surface area contributed by atoms with Gasteiger partial charge >= 0.3 is 0 Å². The standard InChI is InChI=1S/C27H29N3O5/c1-29-6-8-30(9-7-29)10-11-33-27-21-15-23(32-3)22(31-2)14-20(21)18-5-4-17-12-24-25(35-16-34-24)13-19(17)26(18)28-27/h4-5,12-15H,6-11,16H2,1-3H3. The van der Waals surface area contributed by atoms with Gasteiger partial charge in [-0.3, -0.25) is 4.90 Å². The van der Waals surface area contributed by atoms with Crippen LogP contribution in [0.25, 0.3) is 32.4 Å². The Morgan fingerprint density at radius 2 is 1.54 bits per heavy atom. The fourth-order valence-electron chi connectivity index (χ4n) is 4.93. The van der Waals surface area contributed by atoms with Crippen LogP contribution < -0.4 is 23.7 Å². The highest BCUT2D eigenvalue weighted by Gasteiger charge is 2.20. The monoisotopic (exact) mass is 475 g/mol. The predicted molar refractivity (Wildman–Crippen MR) is 135 cm³/mol. The van der Waals surface area contributed by atoms with Gasteiger partial charge in [0.15, 0.2) is 23.0 Å². The van der Waals surface area contributed by atoms with Crippen LogP contribution in [0.4, 0.5) is 0 Å². The van der Waals surface area contributed by atoms with Crippen molar-refractivity contribution < 1.29 is 23.7 Å². The zero-order valence-corrected chi connectivity index (χ0v) is 20.3. The van der Waals surface area contributed by atoms with Gasteiger partial charge < -0.3 is 28.6 Å². The molecule has 6 rings (SSSR count). The zero-order chi connectivity index (χ0) is 23.9. The number of likely N-dealkylation sites (N-methyl/N-ethyl adjacent to an activating group) is 1. The van der Waals surface area contributed by atoms with Crippen molar-refractivity contribution in [3.05, 3.63) is 36.4 Å². The third kappa shape index (κ3) is 3.92. The smallest absolute Gasteiger partial charge is 0.231 e. The number of fused-ring (bicyclic) bond motifs is 6. The highest BCUT2D eigenvalue weighted by molar-refractivity contribution is 6.17. The first-order valence-electron chi connectivity index (χ1n) is 11.9. The van der Waals surface area contributed by atoms with Crippen LogP contribution in [-0.4, -0.2) is 82.2 Å². The molecule has 0 unspecified atom stereocenters. The predicted octanol–water partition coefficient (Wildman–Crippen LogP) is 3.91. The van der Waals surface area contributed by atoms with E-state index < -0.39 is 0 Å². The number of hydrogen-bond acceptors (Lipinski definition) is 8. The highest BCUT2D eigenvalue weighted by atomic mass is 16.7. The Hall–Kier alpha value is -3.49. The van der Waals surface area contributed by atoms with Crippen molar-refractivity contribution in [1.82, 2.24) is 14.8 Å². The normalized spacial score (nSPS) is 16.3. The molecule has 2 aliphatic heterocycles. The second-order valence-corrected chi connectivity index (χ2v) is 9.05. The quantitative estimate of drug-likeness (QED) is 0.389. The average Bonchev–Trinajstić information content (AvgIpc) is 3.35. The summed E-state index contributed by atoms with van der Waals surface area (Å²) in [5.74, 6) is 3.40. The van der Waals surface area contributed by atoms with Gasteiger partial charge in [0.05, 0.1) is 19.7 Å². The van der Waals surface area contributed by atoms with E-state index in [1.165, 1.54) is 0 Å². The molecule has 1 saturated heterocycles. The highest BCUT2D eigenvalue weighted by Crippen LogP contribution is 2.43. The third-order valence-electron chi connectivity index (χ3n) is 6.98. The number of ether oxygens (including phenoxy) is 5. The molecule has 0 N–H and O–H groups in total. The summed E-state index contributed by atoms with van der Waals surface area (Å²) in [5.41, 5.74) is 0.857. The summed E-state index contributed by atoms with van der Waals surface area (Å²) >= 11 is 0. The van der Waals surface area contributed by atoms with E-state index in [0.717, 1.165) is 76.7 Å². The lowest BCUT2D eigenvalue weighted by Gasteiger charge is -2.32. The zero-order valence-electron chi connectivity index (χ0n) is 20.3. The van der Waals surface area contributed by atoms with E-state index in [2.05, 4.69) is 29.0 Å². The van der Waals surface area contributed by atoms with Crippen molar-refractivity contribution in [3.8, 4) is 28.9 Å². The van der Waals surface area contributed by atoms with E-state index in [1.54, 1.807) is 14.2 Å². The van der Waals surface area contributed by atoms with Crippen LogP contribution in [0.1, 0.15) is 0 Å². The van der Waals surface area contributed by atoms with Crippen molar-refractivity contribution >= 4 is 32.4 Å². The second-order valence-electron chi connectivity index (χ2n) is 9.05. The number of piperazine rings is 1. The number of pyridine rings is 1. The van der Waals surface area contributed by atoms with Crippen LogP contribution in [0.3, 0.4) is 0 Å². The summed E-state index contributed by atoms with van der Waals surface area (Å²) in [4.78, 5) is 9.83. The van der Waals surface area contributed by atoms with Gasteiger partial charge in [0.1, 0.15) is 6.61 Å². The first-order chi connectivity index (χ1) is 17.1. The Morgan fingerprint density at radius 3 is 2.29 bits per heavy atom. The summed E-state index contributed by atoms with van der Waals surface area (Å²) in [7, 11) is 5.45. The molecular formula is C27H29N3O5. The molecule has 0 aliphatic carbocycles. The first kappa shape index (κ1) is 22.0. The summed E-state index contributed by atoms with van der Waals surface area (Å²) in [6, 6.07) is 12.2. The first-order valence-corrected chi connectivity index (χ1v) is 11.9. The fraction of sp³-hybridized carbons (Fsp3) is 0.370. The molecule has 0 radical (unpaired) electrons. The Labute approximate surface area is 203 Å². The van der Waals surface area contributed by atoms with Crippen LogP contribution in [0.15, 0.2) is 36.4 Å². The van der Waals surface area contributed by atoms with Gasteiger partial charge in [0, 0.05) is 54.3 Å². The van der Waals surface area contributed by atoms with Crippen molar-refractivity contribution in [2.75, 3.05) is 67.4 Å². The Bertz CT molecular complexity index is 1420. The van der Waals surface area contributed by atoms with Crippen LogP contribution in [-0.2, 0) is 0 Å². The minimum Gasteiger partial charge on any atom is -0.493 e. The molecule has 1 aromatic heterocycles. The van der Waals surface area contributed by atoms with Crippen molar-refractivity contribution in [1.29, 1.82) is 0 Å². The Balaban J connectivity index is 1.47. The molecule has 8 heteroatoms. The summed E-state index contributed by atoms with van der Waals surface area (Å²) in [5, 5.41) is 4.94. The lowest BCUT2D eigenvalue weighted by molar-refractivity contribution is 0.133. The summed E-state index contributed by atoms with van der Waals surface area (Å²) in [6.45, 7) is 5.91. The minimum absolute atomic E-state index is 0.234. The van der Waals surface area contributed by atoms with E-state index in [-0.39, 0.29) is 6.79 Å². The number of methoxy groups -OCH3 is 2. The number of hydrogen-bond donors (Lipinski definition) is 0. The van der Waals surface area contributed by atoms with Gasteiger partial charge in [0.25, 0.3) is 0 Å². The molecule has 8 nitrogen and oxygen atoms in total. The molecule has 2 aliphatic rings. The van der Waals surface area contributed by atoms with Gasteiger partial charge in [-0.05, 0) is 36.7 Å². The van der Waals surface area contributed by atoms with Crippen molar-refractivity contribution in [2.45, 2.75) is 0 Å². The van der Waals surface area contributed by atoms with Crippen LogP contribution in [0.5, 0.6) is 28.9 Å². The molecule has 1 fully saturated rings. The topological polar surface area (TPSA) is 65.5 Å². The molecule has 35 heavy (non-hydrogen) atoms. The molecule has 0 saturated carbocycles. The molecule has 0 atom stereocenters. The average molecular weight is 476 g/mol. The molecule has 3 aromatic carbocycles. The van der Waals surface area contributed by atoms with E-state index in [1.807, 2.05) is 24.3 Å². The molecule has 3 heterocycles. The third-order valence-corrected chi connectivity index (χ3v) is 6.98. The number of rotatable bonds is 6. The van der Waals surface area contributed by atoms with Crippen LogP contribution in [0.2, 0.25) is 0 Å². The molecular weight excluding hydrogens is 446 g/mol. The summed E-state index contributed by atoms with van der Waals surface area (Å²) < 4.78 is 28.8. The van der Waals surface area contributed by atoms with Gasteiger partial charge in [-0.25, -0.2) is 4.98 Å². The number of nitrogens with zero attached hydrogens (tertiary/aromatic N) is 3. The van der Waals surface area contributed by atoms with Crippen molar-refractivity contribution in [3.63, 3.8) is 0 Å². The molecule has 0 spiro atoms. The van der Waals surface area contributed by atoms with E-state index in [0.29, 0.717) is 24.0 Å². The molecule has 4 aromatic rings. The number of benzene rings is 3. The maximum Gasteiger partial charge on any atom is 0.231 e. The maximum atomic E-state index is 6.35. The minimum atomic E-state index is 0.234. The van der Waals surface area contributed by atoms with Crippen LogP contribution >= 0.6 is 0 Å². The Morgan fingerprint density at radius 1 is 0.829 bits per heavy atom. The largest absolute Gasteiger partial charge is 0.493 e. The molecule has 0 bridgehead atoms. The van der Waals surface area contributed by atoms with Gasteiger partial charge in [-0.2, -0.15) is 0 Å². The van der Waals surface area contributed by atoms with E-state index in [4.69, 9.17) is 28.7 Å². The van der Waals surface area contributed by atoms with Crippen LogP contribution in [0, 0.1) is 0 Å². The second kappa shape index (κ2) is 8.94. The van der Waals surface area contributed by atoms with Gasteiger partial charge in [0.2, 0.25) is 12.7 Å². The lowest BCUT2D eigenvalue weighted by Crippen LogP contribution is -2.45. The maximum absolute atomic E-state index is 6.35. The SMILES string of the molecule is COc1cc2c(OCCN3CCN(C)CC3)nc3c4cc5c(cc4ccc3c2cc1OC)OCO5. The van der Waals surface area contributed by atoms with E-state index in [9.17, 15) is 0 Å². The van der Waals surface area contributed by atoms with E-state index >= 15 is 0 Å². The fourth-order valence-corrected chi connectivity index (χ4v) is 4.93. The van der Waals surface area contributed by atoms with Gasteiger partial charge in [-0.15, -0.1) is 0 Å². The molecule has 0 amide bonds. The lowest BCUT2D eigenvalue weighted by atomic mass is 10.0. The number of aromatic nitrogens is 1. The molecule has 182 valence electrons. The van der Waals surface area contributed by atoms with Crippen molar-refractivity contribution in [2.24, 2.45) is 0 Å². The summed E-state index contributed by atoms with van der Waals surface area (Å²) in [6.07, 6.45) is 0. The van der Waals surface area contributed by atoms with Gasteiger partial charge in [-0.1, -0.05) is 12.1 Å². The Kier molecular flexibility index (Phi) is 5.62.